The SMILES string of the molecule is CCCCC/C=C\C/C=C\CCCCCCCCCC(=O)O[C@H](COC(=O)CCCCCCC/C=C\CC1OC1CCCCC)COP(=O)(O)OC[C@@H](O)COP(=O)(O)O. The van der Waals surface area contributed by atoms with Gasteiger partial charge in [-0.05, 0) is 70.6 Å². The summed E-state index contributed by atoms with van der Waals surface area (Å²) in [6, 6.07) is 0. The highest BCUT2D eigenvalue weighted by Gasteiger charge is 2.36. The summed E-state index contributed by atoms with van der Waals surface area (Å²) in [6.45, 7) is 1.69. The van der Waals surface area contributed by atoms with Crippen molar-refractivity contribution in [1.82, 2.24) is 0 Å². The lowest BCUT2D eigenvalue weighted by atomic mass is 10.1. The third-order valence-corrected chi connectivity index (χ3v) is 11.4. The Morgan fingerprint density at radius 2 is 1.08 bits per heavy atom. The molecule has 1 fully saturated rings. The molecule has 1 aliphatic rings. The topological polar surface area (TPSA) is 208 Å². The number of hydrogen-bond acceptors (Lipinski definition) is 11. The molecule has 0 aromatic carbocycles. The minimum Gasteiger partial charge on any atom is -0.462 e. The standard InChI is InChI=1S/C44H80O14P2/c1-3-5-7-8-9-10-11-12-13-14-15-16-17-18-23-26-30-34-44(47)57-40(38-56-60(51,52)55-36-39(45)35-54-59(48,49)50)37-53-43(46)33-29-25-22-20-19-21-24-28-32-42-41(58-42)31-27-6-4-2/h9-10,12-13,24,28,39-42,45H,3-8,11,14-23,25-27,29-38H2,1-2H3,(H,51,52)(H2,48,49,50)/b10-9-,13-12-,28-24-/t39-,40+,41?,42?/m0/s1. The van der Waals surface area contributed by atoms with Crippen LogP contribution in [-0.4, -0.2) is 82.6 Å². The summed E-state index contributed by atoms with van der Waals surface area (Å²) in [5, 5.41) is 9.75. The summed E-state index contributed by atoms with van der Waals surface area (Å²) < 4.78 is 53.6. The van der Waals surface area contributed by atoms with Crippen LogP contribution in [0, 0.1) is 0 Å². The van der Waals surface area contributed by atoms with E-state index in [0.717, 1.165) is 96.3 Å². The molecule has 0 bridgehead atoms. The maximum atomic E-state index is 12.7. The maximum absolute atomic E-state index is 12.7. The van der Waals surface area contributed by atoms with Crippen LogP contribution in [0.5, 0.6) is 0 Å². The molecule has 1 saturated heterocycles. The zero-order valence-electron chi connectivity index (χ0n) is 36.8. The van der Waals surface area contributed by atoms with E-state index in [0.29, 0.717) is 25.0 Å². The molecular weight excluding hydrogens is 814 g/mol. The van der Waals surface area contributed by atoms with Crippen LogP contribution >= 0.6 is 15.6 Å². The van der Waals surface area contributed by atoms with Gasteiger partial charge in [0.15, 0.2) is 6.10 Å². The number of carbonyl (C=O) groups excluding carboxylic acids is 2. The van der Waals surface area contributed by atoms with Crippen LogP contribution in [0.2, 0.25) is 0 Å². The number of rotatable bonds is 42. The fourth-order valence-corrected chi connectivity index (χ4v) is 7.48. The van der Waals surface area contributed by atoms with Crippen LogP contribution in [0.4, 0.5) is 0 Å². The zero-order chi connectivity index (χ0) is 44.2. The first-order valence-electron chi connectivity index (χ1n) is 22.8. The highest BCUT2D eigenvalue weighted by atomic mass is 31.2. The zero-order valence-corrected chi connectivity index (χ0v) is 38.5. The summed E-state index contributed by atoms with van der Waals surface area (Å²) in [7, 11) is -9.68. The van der Waals surface area contributed by atoms with Gasteiger partial charge in [0, 0.05) is 12.8 Å². The number of allylic oxidation sites excluding steroid dienone is 5. The van der Waals surface area contributed by atoms with Crippen LogP contribution in [0.25, 0.3) is 0 Å². The first kappa shape index (κ1) is 56.3. The predicted molar refractivity (Wildman–Crippen MR) is 234 cm³/mol. The number of aliphatic hydroxyl groups excluding tert-OH is 1. The molecule has 4 N–H and O–H groups in total. The quantitative estimate of drug-likeness (QED) is 0.0148. The summed E-state index contributed by atoms with van der Waals surface area (Å²) in [5.41, 5.74) is 0. The van der Waals surface area contributed by atoms with Gasteiger partial charge in [0.2, 0.25) is 0 Å². The van der Waals surface area contributed by atoms with Crippen molar-refractivity contribution in [3.05, 3.63) is 36.5 Å². The molecule has 0 aromatic heterocycles. The van der Waals surface area contributed by atoms with E-state index in [1.165, 1.54) is 44.9 Å². The van der Waals surface area contributed by atoms with Gasteiger partial charge in [0.05, 0.1) is 32.0 Å². The molecule has 14 nitrogen and oxygen atoms in total. The average Bonchev–Trinajstić information content (AvgIpc) is 3.96. The maximum Gasteiger partial charge on any atom is 0.472 e. The summed E-state index contributed by atoms with van der Waals surface area (Å²) in [6.07, 6.45) is 37.3. The number of hydrogen-bond donors (Lipinski definition) is 4. The van der Waals surface area contributed by atoms with Crippen LogP contribution in [-0.2, 0) is 46.5 Å². The van der Waals surface area contributed by atoms with Gasteiger partial charge in [-0.25, -0.2) is 9.13 Å². The molecular formula is C44H80O14P2. The molecule has 0 aromatic rings. The second-order valence-electron chi connectivity index (χ2n) is 15.7. The largest absolute Gasteiger partial charge is 0.472 e. The molecule has 0 amide bonds. The summed E-state index contributed by atoms with van der Waals surface area (Å²) in [5.74, 6) is -1.06. The smallest absolute Gasteiger partial charge is 0.462 e. The molecule has 0 saturated carbocycles. The number of aliphatic hydroxyl groups is 1. The number of epoxide rings is 1. The Labute approximate surface area is 361 Å². The normalized spacial score (nSPS) is 17.7. The molecule has 0 radical (unpaired) electrons. The molecule has 16 heteroatoms. The van der Waals surface area contributed by atoms with Gasteiger partial charge in [-0.15, -0.1) is 0 Å². The monoisotopic (exact) mass is 895 g/mol. The van der Waals surface area contributed by atoms with Crippen LogP contribution in [0.1, 0.15) is 181 Å². The van der Waals surface area contributed by atoms with Crippen molar-refractivity contribution in [3.63, 3.8) is 0 Å². The molecule has 350 valence electrons. The predicted octanol–water partition coefficient (Wildman–Crippen LogP) is 10.7. The first-order valence-corrected chi connectivity index (χ1v) is 25.8. The van der Waals surface area contributed by atoms with E-state index in [9.17, 15) is 28.7 Å². The van der Waals surface area contributed by atoms with Crippen molar-refractivity contribution in [2.24, 2.45) is 0 Å². The van der Waals surface area contributed by atoms with Crippen molar-refractivity contribution in [2.75, 3.05) is 26.4 Å². The third-order valence-electron chi connectivity index (χ3n) is 9.92. The average molecular weight is 895 g/mol. The Bertz CT molecular complexity index is 1270. The van der Waals surface area contributed by atoms with E-state index in [1.54, 1.807) is 0 Å². The van der Waals surface area contributed by atoms with Crippen LogP contribution in [0.3, 0.4) is 0 Å². The fourth-order valence-electron chi connectivity index (χ4n) is 6.33. The molecule has 1 heterocycles. The number of esters is 2. The van der Waals surface area contributed by atoms with E-state index >= 15 is 0 Å². The summed E-state index contributed by atoms with van der Waals surface area (Å²) >= 11 is 0. The van der Waals surface area contributed by atoms with Crippen molar-refractivity contribution < 1.29 is 66.3 Å². The van der Waals surface area contributed by atoms with E-state index in [-0.39, 0.29) is 12.8 Å². The van der Waals surface area contributed by atoms with Crippen molar-refractivity contribution in [2.45, 2.75) is 205 Å². The van der Waals surface area contributed by atoms with Gasteiger partial charge in [-0.2, -0.15) is 0 Å². The Morgan fingerprint density at radius 1 is 0.583 bits per heavy atom. The number of carbonyl (C=O) groups is 2. The molecule has 5 atom stereocenters. The lowest BCUT2D eigenvalue weighted by Crippen LogP contribution is -2.30. The lowest BCUT2D eigenvalue weighted by molar-refractivity contribution is -0.161. The lowest BCUT2D eigenvalue weighted by Gasteiger charge is -2.20. The Balaban J connectivity index is 2.34. The van der Waals surface area contributed by atoms with Gasteiger partial charge >= 0.3 is 27.6 Å². The molecule has 1 rings (SSSR count). The fraction of sp³-hybridized carbons (Fsp3) is 0.818. The number of phosphoric ester groups is 2. The second kappa shape index (κ2) is 36.8. The minimum atomic E-state index is -4.87. The van der Waals surface area contributed by atoms with Gasteiger partial charge in [-0.1, -0.05) is 134 Å². The van der Waals surface area contributed by atoms with E-state index in [2.05, 4.69) is 54.8 Å². The highest BCUT2D eigenvalue weighted by molar-refractivity contribution is 7.47. The van der Waals surface area contributed by atoms with Gasteiger partial charge in [0.25, 0.3) is 0 Å². The van der Waals surface area contributed by atoms with Crippen molar-refractivity contribution in [1.29, 1.82) is 0 Å². The Morgan fingerprint density at radius 3 is 1.68 bits per heavy atom. The van der Waals surface area contributed by atoms with E-state index in [1.807, 2.05) is 0 Å². The molecule has 0 spiro atoms. The van der Waals surface area contributed by atoms with Gasteiger partial charge in [0.1, 0.15) is 12.7 Å². The van der Waals surface area contributed by atoms with Crippen LogP contribution in [0.15, 0.2) is 36.5 Å². The third kappa shape index (κ3) is 36.9. The Kier molecular flexibility index (Phi) is 34.5. The van der Waals surface area contributed by atoms with E-state index < -0.39 is 66.2 Å². The van der Waals surface area contributed by atoms with Gasteiger partial charge in [-0.3, -0.25) is 23.2 Å². The van der Waals surface area contributed by atoms with E-state index in [4.69, 9.17) is 33.0 Å². The molecule has 60 heavy (non-hydrogen) atoms. The second-order valence-corrected chi connectivity index (χ2v) is 18.4. The number of ether oxygens (including phenoxy) is 3. The van der Waals surface area contributed by atoms with Crippen molar-refractivity contribution >= 4 is 27.6 Å². The molecule has 0 aliphatic carbocycles. The first-order chi connectivity index (χ1) is 28.8. The van der Waals surface area contributed by atoms with Crippen LogP contribution < -0.4 is 0 Å². The highest BCUT2D eigenvalue weighted by Crippen LogP contribution is 2.44. The molecule has 3 unspecified atom stereocenters. The van der Waals surface area contributed by atoms with Crippen molar-refractivity contribution in [3.8, 4) is 0 Å². The summed E-state index contributed by atoms with van der Waals surface area (Å²) in [4.78, 5) is 52.8. The number of unbranched alkanes of at least 4 members (excludes halogenated alkanes) is 17. The Hall–Kier alpha value is -1.70. The van der Waals surface area contributed by atoms with Gasteiger partial charge < -0.3 is 34.0 Å². The minimum absolute atomic E-state index is 0.117. The molecule has 1 aliphatic heterocycles. The number of phosphoric acid groups is 2.